The first kappa shape index (κ1) is 16.3. The van der Waals surface area contributed by atoms with E-state index >= 15 is 0 Å². The molecule has 1 atom stereocenters. The standard InChI is InChI=1S/C17H19BrClNO/c1-3-20-17(12-6-5-7-13(19)10-12)15-9-8-14(21-4-2)11-16(15)18/h5-11,17,20H,3-4H2,1-2H3. The smallest absolute Gasteiger partial charge is 0.120 e. The van der Waals surface area contributed by atoms with Crippen molar-refractivity contribution < 1.29 is 4.74 Å². The van der Waals surface area contributed by atoms with E-state index in [1.54, 1.807) is 0 Å². The van der Waals surface area contributed by atoms with Gasteiger partial charge in [-0.05, 0) is 48.9 Å². The molecule has 0 aromatic heterocycles. The molecular weight excluding hydrogens is 350 g/mol. The highest BCUT2D eigenvalue weighted by Gasteiger charge is 2.16. The maximum Gasteiger partial charge on any atom is 0.120 e. The van der Waals surface area contributed by atoms with Gasteiger partial charge >= 0.3 is 0 Å². The minimum Gasteiger partial charge on any atom is -0.494 e. The second-order valence-corrected chi connectivity index (χ2v) is 5.95. The maximum absolute atomic E-state index is 6.12. The first-order chi connectivity index (χ1) is 10.2. The summed E-state index contributed by atoms with van der Waals surface area (Å²) in [5, 5.41) is 4.25. The number of halogens is 2. The van der Waals surface area contributed by atoms with Crippen molar-refractivity contribution in [3.8, 4) is 5.75 Å². The zero-order valence-corrected chi connectivity index (χ0v) is 14.5. The van der Waals surface area contributed by atoms with Crippen LogP contribution in [0.15, 0.2) is 46.9 Å². The van der Waals surface area contributed by atoms with Gasteiger partial charge in [0.05, 0.1) is 12.6 Å². The maximum atomic E-state index is 6.12. The Morgan fingerprint density at radius 3 is 2.62 bits per heavy atom. The van der Waals surface area contributed by atoms with Gasteiger partial charge in [-0.15, -0.1) is 0 Å². The summed E-state index contributed by atoms with van der Waals surface area (Å²) in [5.41, 5.74) is 2.32. The van der Waals surface area contributed by atoms with Gasteiger partial charge in [0, 0.05) is 9.50 Å². The molecule has 1 N–H and O–H groups in total. The van der Waals surface area contributed by atoms with E-state index in [9.17, 15) is 0 Å². The highest BCUT2D eigenvalue weighted by molar-refractivity contribution is 9.10. The summed E-state index contributed by atoms with van der Waals surface area (Å²) in [4.78, 5) is 0. The molecule has 0 heterocycles. The van der Waals surface area contributed by atoms with Crippen LogP contribution >= 0.6 is 27.5 Å². The van der Waals surface area contributed by atoms with Crippen molar-refractivity contribution in [1.29, 1.82) is 0 Å². The van der Waals surface area contributed by atoms with E-state index in [-0.39, 0.29) is 6.04 Å². The highest BCUT2D eigenvalue weighted by atomic mass is 79.9. The number of benzene rings is 2. The number of ether oxygens (including phenoxy) is 1. The summed E-state index contributed by atoms with van der Waals surface area (Å²) in [6.07, 6.45) is 0. The molecule has 0 aliphatic carbocycles. The second-order valence-electron chi connectivity index (χ2n) is 4.66. The second kappa shape index (κ2) is 7.83. The summed E-state index contributed by atoms with van der Waals surface area (Å²) >= 11 is 9.77. The van der Waals surface area contributed by atoms with Crippen LogP contribution < -0.4 is 10.1 Å². The number of nitrogens with one attached hydrogen (secondary N) is 1. The molecule has 0 fully saturated rings. The minimum absolute atomic E-state index is 0.0961. The molecule has 1 unspecified atom stereocenters. The molecule has 0 saturated heterocycles. The van der Waals surface area contributed by atoms with Gasteiger partial charge in [0.15, 0.2) is 0 Å². The van der Waals surface area contributed by atoms with Gasteiger partial charge < -0.3 is 10.1 Å². The van der Waals surface area contributed by atoms with E-state index in [2.05, 4.69) is 40.3 Å². The van der Waals surface area contributed by atoms with Gasteiger partial charge in [-0.25, -0.2) is 0 Å². The molecule has 0 radical (unpaired) electrons. The van der Waals surface area contributed by atoms with E-state index in [0.29, 0.717) is 6.61 Å². The Morgan fingerprint density at radius 2 is 2.00 bits per heavy atom. The normalized spacial score (nSPS) is 12.2. The number of rotatable bonds is 6. The van der Waals surface area contributed by atoms with E-state index in [0.717, 1.165) is 27.4 Å². The van der Waals surface area contributed by atoms with Crippen LogP contribution in [0.25, 0.3) is 0 Å². The molecule has 0 bridgehead atoms. The molecule has 0 saturated carbocycles. The number of hydrogen-bond donors (Lipinski definition) is 1. The SMILES string of the molecule is CCNC(c1cccc(Cl)c1)c1ccc(OCC)cc1Br. The summed E-state index contributed by atoms with van der Waals surface area (Å²) < 4.78 is 6.56. The van der Waals surface area contributed by atoms with Gasteiger partial charge in [0.2, 0.25) is 0 Å². The lowest BCUT2D eigenvalue weighted by molar-refractivity contribution is 0.340. The summed E-state index contributed by atoms with van der Waals surface area (Å²) in [6, 6.07) is 14.1. The van der Waals surface area contributed by atoms with Crippen LogP contribution in [0.5, 0.6) is 5.75 Å². The molecule has 2 nitrogen and oxygen atoms in total. The number of hydrogen-bond acceptors (Lipinski definition) is 2. The minimum atomic E-state index is 0.0961. The Labute approximate surface area is 139 Å². The third kappa shape index (κ3) is 4.22. The van der Waals surface area contributed by atoms with Crippen LogP contribution in [0.1, 0.15) is 31.0 Å². The third-order valence-electron chi connectivity index (χ3n) is 3.18. The molecule has 0 spiro atoms. The first-order valence-corrected chi connectivity index (χ1v) is 8.23. The van der Waals surface area contributed by atoms with Gasteiger partial charge in [-0.1, -0.05) is 52.7 Å². The van der Waals surface area contributed by atoms with Crippen LogP contribution in [-0.2, 0) is 0 Å². The fourth-order valence-corrected chi connectivity index (χ4v) is 3.08. The molecule has 0 aliphatic rings. The van der Waals surface area contributed by atoms with Crippen LogP contribution in [0.3, 0.4) is 0 Å². The molecule has 4 heteroatoms. The average Bonchev–Trinajstić information content (AvgIpc) is 2.46. The van der Waals surface area contributed by atoms with Crippen molar-refractivity contribution in [2.24, 2.45) is 0 Å². The van der Waals surface area contributed by atoms with Crippen molar-refractivity contribution in [3.05, 3.63) is 63.1 Å². The fourth-order valence-electron chi connectivity index (χ4n) is 2.30. The Kier molecular flexibility index (Phi) is 6.09. The topological polar surface area (TPSA) is 21.3 Å². The molecular formula is C17H19BrClNO. The van der Waals surface area contributed by atoms with Crippen LogP contribution in [0.4, 0.5) is 0 Å². The molecule has 2 rings (SSSR count). The van der Waals surface area contributed by atoms with Gasteiger partial charge in [-0.2, -0.15) is 0 Å². The predicted octanol–water partition coefficient (Wildman–Crippen LogP) is 5.20. The molecule has 21 heavy (non-hydrogen) atoms. The largest absolute Gasteiger partial charge is 0.494 e. The quantitative estimate of drug-likeness (QED) is 0.756. The lowest BCUT2D eigenvalue weighted by Crippen LogP contribution is -2.22. The van der Waals surface area contributed by atoms with Gasteiger partial charge in [-0.3, -0.25) is 0 Å². The summed E-state index contributed by atoms with van der Waals surface area (Å²) in [7, 11) is 0. The van der Waals surface area contributed by atoms with Crippen molar-refractivity contribution in [2.45, 2.75) is 19.9 Å². The summed E-state index contributed by atoms with van der Waals surface area (Å²) in [6.45, 7) is 5.61. The average molecular weight is 369 g/mol. The molecule has 0 amide bonds. The lowest BCUT2D eigenvalue weighted by Gasteiger charge is -2.21. The zero-order chi connectivity index (χ0) is 15.2. The molecule has 0 aliphatic heterocycles. The molecule has 2 aromatic carbocycles. The zero-order valence-electron chi connectivity index (χ0n) is 12.2. The highest BCUT2D eigenvalue weighted by Crippen LogP contribution is 2.32. The predicted molar refractivity (Wildman–Crippen MR) is 92.3 cm³/mol. The van der Waals surface area contributed by atoms with E-state index in [4.69, 9.17) is 16.3 Å². The van der Waals surface area contributed by atoms with Gasteiger partial charge in [0.1, 0.15) is 5.75 Å². The Morgan fingerprint density at radius 1 is 1.19 bits per heavy atom. The van der Waals surface area contributed by atoms with Crippen molar-refractivity contribution >= 4 is 27.5 Å². The monoisotopic (exact) mass is 367 g/mol. The fraction of sp³-hybridized carbons (Fsp3) is 0.294. The van der Waals surface area contributed by atoms with Crippen molar-refractivity contribution in [3.63, 3.8) is 0 Å². The van der Waals surface area contributed by atoms with Crippen molar-refractivity contribution in [1.82, 2.24) is 5.32 Å². The Bertz CT molecular complexity index is 603. The first-order valence-electron chi connectivity index (χ1n) is 7.06. The van der Waals surface area contributed by atoms with E-state index in [1.807, 2.05) is 37.3 Å². The van der Waals surface area contributed by atoms with E-state index < -0.39 is 0 Å². The van der Waals surface area contributed by atoms with E-state index in [1.165, 1.54) is 5.56 Å². The lowest BCUT2D eigenvalue weighted by atomic mass is 9.98. The summed E-state index contributed by atoms with van der Waals surface area (Å²) in [5.74, 6) is 0.870. The Hall–Kier alpha value is -1.03. The van der Waals surface area contributed by atoms with Gasteiger partial charge in [0.25, 0.3) is 0 Å². The third-order valence-corrected chi connectivity index (χ3v) is 4.11. The molecule has 2 aromatic rings. The Balaban J connectivity index is 2.38. The molecule has 112 valence electrons. The van der Waals surface area contributed by atoms with Crippen LogP contribution in [0.2, 0.25) is 5.02 Å². The van der Waals surface area contributed by atoms with Crippen LogP contribution in [-0.4, -0.2) is 13.2 Å². The van der Waals surface area contributed by atoms with Crippen molar-refractivity contribution in [2.75, 3.05) is 13.2 Å². The van der Waals surface area contributed by atoms with Crippen LogP contribution in [0, 0.1) is 0 Å².